The van der Waals surface area contributed by atoms with Crippen molar-refractivity contribution in [2.24, 2.45) is 0 Å². The summed E-state index contributed by atoms with van der Waals surface area (Å²) in [5.41, 5.74) is 0.632. The molecular weight excluding hydrogens is 188 g/mol. The minimum atomic E-state index is -0.171. The maximum absolute atomic E-state index is 11.4. The van der Waals surface area contributed by atoms with Crippen molar-refractivity contribution in [3.63, 3.8) is 0 Å². The van der Waals surface area contributed by atoms with E-state index in [0.29, 0.717) is 11.4 Å². The van der Waals surface area contributed by atoms with Crippen molar-refractivity contribution >= 4 is 23.1 Å². The van der Waals surface area contributed by atoms with Gasteiger partial charge in [0.25, 0.3) is 5.91 Å². The van der Waals surface area contributed by atoms with Crippen LogP contribution in [0.25, 0.3) is 0 Å². The molecular formula is C7H6N4OS. The molecule has 2 aromatic heterocycles. The molecule has 1 amide bonds. The first-order chi connectivity index (χ1) is 6.36. The number of carbonyl (C=O) groups is 1. The van der Waals surface area contributed by atoms with Crippen LogP contribution in [-0.2, 0) is 0 Å². The molecule has 0 saturated heterocycles. The molecule has 13 heavy (non-hydrogen) atoms. The van der Waals surface area contributed by atoms with E-state index in [-0.39, 0.29) is 5.91 Å². The maximum Gasteiger partial charge on any atom is 0.257 e. The van der Waals surface area contributed by atoms with Crippen LogP contribution >= 0.6 is 11.3 Å². The fourth-order valence-electron chi connectivity index (χ4n) is 0.844. The number of nitrogens with zero attached hydrogens (tertiary/aromatic N) is 2. The van der Waals surface area contributed by atoms with E-state index in [1.165, 1.54) is 17.5 Å². The Morgan fingerprint density at radius 1 is 1.62 bits per heavy atom. The van der Waals surface area contributed by atoms with E-state index in [1.54, 1.807) is 11.4 Å². The summed E-state index contributed by atoms with van der Waals surface area (Å²) < 4.78 is 0. The highest BCUT2D eigenvalue weighted by molar-refractivity contribution is 7.08. The molecule has 2 heterocycles. The number of aromatic amines is 1. The van der Waals surface area contributed by atoms with Crippen molar-refractivity contribution in [1.82, 2.24) is 15.4 Å². The summed E-state index contributed by atoms with van der Waals surface area (Å²) in [5.74, 6) is 0.256. The summed E-state index contributed by atoms with van der Waals surface area (Å²) in [6.45, 7) is 0. The Hall–Kier alpha value is -1.69. The number of rotatable bonds is 2. The third-order valence-corrected chi connectivity index (χ3v) is 2.12. The van der Waals surface area contributed by atoms with Crippen molar-refractivity contribution in [3.8, 4) is 0 Å². The molecule has 6 heteroatoms. The average Bonchev–Trinajstić information content (AvgIpc) is 2.74. The van der Waals surface area contributed by atoms with Gasteiger partial charge in [0.15, 0.2) is 5.82 Å². The van der Waals surface area contributed by atoms with Gasteiger partial charge in [-0.2, -0.15) is 21.6 Å². The largest absolute Gasteiger partial charge is 0.304 e. The van der Waals surface area contributed by atoms with Crippen molar-refractivity contribution < 1.29 is 4.79 Å². The lowest BCUT2D eigenvalue weighted by molar-refractivity contribution is 0.102. The minimum Gasteiger partial charge on any atom is -0.304 e. The highest BCUT2D eigenvalue weighted by Crippen LogP contribution is 2.08. The molecule has 0 unspecified atom stereocenters. The second-order valence-corrected chi connectivity index (χ2v) is 3.10. The highest BCUT2D eigenvalue weighted by Gasteiger charge is 2.06. The molecule has 66 valence electrons. The topological polar surface area (TPSA) is 70.7 Å². The smallest absolute Gasteiger partial charge is 0.257 e. The lowest BCUT2D eigenvalue weighted by Crippen LogP contribution is -2.10. The van der Waals surface area contributed by atoms with Gasteiger partial charge < -0.3 is 5.32 Å². The van der Waals surface area contributed by atoms with Crippen molar-refractivity contribution in [2.75, 3.05) is 5.32 Å². The van der Waals surface area contributed by atoms with Gasteiger partial charge in [0, 0.05) is 5.38 Å². The minimum absolute atomic E-state index is 0.171. The molecule has 0 bridgehead atoms. The Bertz CT molecular complexity index is 381. The van der Waals surface area contributed by atoms with Crippen LogP contribution in [-0.4, -0.2) is 21.3 Å². The number of hydrogen-bond donors (Lipinski definition) is 2. The third-order valence-electron chi connectivity index (χ3n) is 1.44. The fourth-order valence-corrected chi connectivity index (χ4v) is 1.48. The van der Waals surface area contributed by atoms with Gasteiger partial charge in [-0.25, -0.2) is 0 Å². The second-order valence-electron chi connectivity index (χ2n) is 2.32. The molecule has 0 aliphatic carbocycles. The average molecular weight is 194 g/mol. The number of nitrogens with one attached hydrogen (secondary N) is 2. The quantitative estimate of drug-likeness (QED) is 0.752. The zero-order valence-corrected chi connectivity index (χ0v) is 7.34. The standard InChI is InChI=1S/C7H6N4OS/c12-7(5-1-2-13-4-5)9-6-3-8-11-10-6/h1-4H,(H2,8,9,10,11,12). The Morgan fingerprint density at radius 2 is 2.54 bits per heavy atom. The van der Waals surface area contributed by atoms with Gasteiger partial charge in [0.1, 0.15) is 0 Å². The van der Waals surface area contributed by atoms with Gasteiger partial charge >= 0.3 is 0 Å². The van der Waals surface area contributed by atoms with E-state index in [4.69, 9.17) is 0 Å². The Morgan fingerprint density at radius 3 is 3.15 bits per heavy atom. The Labute approximate surface area is 77.8 Å². The molecule has 0 radical (unpaired) electrons. The molecule has 2 aromatic rings. The summed E-state index contributed by atoms with van der Waals surface area (Å²) >= 11 is 1.48. The molecule has 2 N–H and O–H groups in total. The van der Waals surface area contributed by atoms with Crippen LogP contribution in [0.4, 0.5) is 5.82 Å². The Kier molecular flexibility index (Phi) is 2.05. The summed E-state index contributed by atoms with van der Waals surface area (Å²) in [4.78, 5) is 11.4. The number of amides is 1. The number of anilines is 1. The zero-order chi connectivity index (χ0) is 9.10. The monoisotopic (exact) mass is 194 g/mol. The van der Waals surface area contributed by atoms with Gasteiger partial charge in [0.2, 0.25) is 0 Å². The maximum atomic E-state index is 11.4. The van der Waals surface area contributed by atoms with Gasteiger partial charge in [-0.3, -0.25) is 4.79 Å². The van der Waals surface area contributed by atoms with Gasteiger partial charge in [-0.15, -0.1) is 5.10 Å². The highest BCUT2D eigenvalue weighted by atomic mass is 32.1. The van der Waals surface area contributed by atoms with Crippen LogP contribution in [0.2, 0.25) is 0 Å². The molecule has 2 rings (SSSR count). The van der Waals surface area contributed by atoms with Crippen LogP contribution < -0.4 is 5.32 Å². The van der Waals surface area contributed by atoms with Gasteiger partial charge in [-0.05, 0) is 11.4 Å². The molecule has 0 saturated carbocycles. The zero-order valence-electron chi connectivity index (χ0n) is 6.52. The van der Waals surface area contributed by atoms with Crippen LogP contribution in [0.5, 0.6) is 0 Å². The number of carbonyl (C=O) groups excluding carboxylic acids is 1. The van der Waals surface area contributed by atoms with Crippen molar-refractivity contribution in [2.45, 2.75) is 0 Å². The van der Waals surface area contributed by atoms with Gasteiger partial charge in [-0.1, -0.05) is 0 Å². The number of H-pyrrole nitrogens is 1. The predicted molar refractivity (Wildman–Crippen MR) is 48.7 cm³/mol. The summed E-state index contributed by atoms with van der Waals surface area (Å²) in [6, 6.07) is 1.75. The summed E-state index contributed by atoms with van der Waals surface area (Å²) in [5, 5.41) is 15.9. The van der Waals surface area contributed by atoms with Crippen molar-refractivity contribution in [3.05, 3.63) is 28.6 Å². The number of hydrogen-bond acceptors (Lipinski definition) is 4. The van der Waals surface area contributed by atoms with E-state index < -0.39 is 0 Å². The molecule has 0 atom stereocenters. The lowest BCUT2D eigenvalue weighted by Gasteiger charge is -1.96. The molecule has 0 aliphatic rings. The van der Waals surface area contributed by atoms with E-state index in [0.717, 1.165) is 0 Å². The number of aromatic nitrogens is 3. The van der Waals surface area contributed by atoms with Crippen LogP contribution in [0, 0.1) is 0 Å². The van der Waals surface area contributed by atoms with Crippen molar-refractivity contribution in [1.29, 1.82) is 0 Å². The summed E-state index contributed by atoms with van der Waals surface area (Å²) in [6.07, 6.45) is 1.45. The normalized spacial score (nSPS) is 9.85. The predicted octanol–water partition coefficient (Wildman–Crippen LogP) is 1.12. The molecule has 0 aliphatic heterocycles. The first-order valence-corrected chi connectivity index (χ1v) is 4.50. The number of thiophene rings is 1. The van der Waals surface area contributed by atoms with Gasteiger partial charge in [0.05, 0.1) is 11.8 Å². The first-order valence-electron chi connectivity index (χ1n) is 3.55. The first kappa shape index (κ1) is 7.93. The molecule has 0 spiro atoms. The second kappa shape index (κ2) is 3.36. The van der Waals surface area contributed by atoms with Crippen LogP contribution in [0.15, 0.2) is 23.0 Å². The van der Waals surface area contributed by atoms with Crippen LogP contribution in [0.3, 0.4) is 0 Å². The lowest BCUT2D eigenvalue weighted by atomic mass is 10.3. The van der Waals surface area contributed by atoms with E-state index in [2.05, 4.69) is 20.7 Å². The van der Waals surface area contributed by atoms with Crippen LogP contribution in [0.1, 0.15) is 10.4 Å². The molecule has 0 fully saturated rings. The third kappa shape index (κ3) is 1.73. The fraction of sp³-hybridized carbons (Fsp3) is 0. The summed E-state index contributed by atoms with van der Waals surface area (Å²) in [7, 11) is 0. The molecule has 5 nitrogen and oxygen atoms in total. The van der Waals surface area contributed by atoms with E-state index >= 15 is 0 Å². The van der Waals surface area contributed by atoms with E-state index in [9.17, 15) is 4.79 Å². The van der Waals surface area contributed by atoms with E-state index in [1.807, 2.05) is 5.38 Å². The SMILES string of the molecule is O=C(Nc1cn[nH]n1)c1ccsc1. The Balaban J connectivity index is 2.08. The molecule has 0 aromatic carbocycles.